The Balaban J connectivity index is 0.00000353. The first-order valence-electron chi connectivity index (χ1n) is 13.0. The third-order valence-electron chi connectivity index (χ3n) is 6.75. The summed E-state index contributed by atoms with van der Waals surface area (Å²) in [5, 5.41) is 40.1. The van der Waals surface area contributed by atoms with Gasteiger partial charge in [0.25, 0.3) is 0 Å². The summed E-state index contributed by atoms with van der Waals surface area (Å²) in [5.41, 5.74) is 4.85. The van der Waals surface area contributed by atoms with E-state index in [1.54, 1.807) is 16.9 Å². The van der Waals surface area contributed by atoms with Crippen molar-refractivity contribution in [3.8, 4) is 11.1 Å². The van der Waals surface area contributed by atoms with Gasteiger partial charge in [0.05, 0.1) is 18.5 Å². The monoisotopic (exact) mass is 564 g/mol. The standard InChI is InChI=1S/C30H26N8O2S.H2/c1-2-41(26-8-4-6-24-5-3-7-25(29(24)26)30(39)40)19-21-11-15-23(16-12-21)22-13-9-20(10-14-22)18-38-34-28(33-37-38)17-27-31-35-36-32-27;/h2-16H,17-19H2,1H3,(H,39,40)(H,31,32,35,36);1H. The minimum absolute atomic E-state index is 0. The number of hydrogen-bond acceptors (Lipinski definition) is 7. The van der Waals surface area contributed by atoms with Crippen molar-refractivity contribution in [2.75, 3.05) is 0 Å². The molecule has 2 aromatic heterocycles. The molecule has 1 atom stereocenters. The number of rotatable bonds is 9. The second-order valence-corrected chi connectivity index (χ2v) is 11.5. The van der Waals surface area contributed by atoms with Crippen molar-refractivity contribution in [1.82, 2.24) is 40.8 Å². The Bertz CT molecular complexity index is 1850. The molecule has 11 heteroatoms. The molecule has 2 heterocycles. The molecule has 1 unspecified atom stereocenters. The highest BCUT2D eigenvalue weighted by Crippen LogP contribution is 2.38. The summed E-state index contributed by atoms with van der Waals surface area (Å²) in [4.78, 5) is 14.6. The molecule has 0 bridgehead atoms. The van der Waals surface area contributed by atoms with Gasteiger partial charge in [-0.15, -0.1) is 20.4 Å². The molecule has 2 N–H and O–H groups in total. The Hall–Kier alpha value is -5.03. The Morgan fingerprint density at radius 1 is 0.927 bits per heavy atom. The SMILES string of the molecule is C/C=S(/Cc1ccc(-c2ccc(Cn3nnc(Cc4nn[nH]n4)n3)cc2)cc1)c1cccc2cccc(C(=O)O)c12.[HH]. The van der Waals surface area contributed by atoms with Gasteiger partial charge in [-0.2, -0.15) is 20.5 Å². The van der Waals surface area contributed by atoms with E-state index in [9.17, 15) is 9.90 Å². The lowest BCUT2D eigenvalue weighted by atomic mass is 10.0. The first kappa shape index (κ1) is 26.2. The van der Waals surface area contributed by atoms with Crippen LogP contribution in [0.25, 0.3) is 21.9 Å². The predicted molar refractivity (Wildman–Crippen MR) is 160 cm³/mol. The summed E-state index contributed by atoms with van der Waals surface area (Å²) in [6.45, 7) is 2.55. The number of H-pyrrole nitrogens is 1. The normalized spacial score (nSPS) is 12.1. The van der Waals surface area contributed by atoms with Crippen LogP contribution in [0.1, 0.15) is 41.5 Å². The van der Waals surface area contributed by atoms with Crippen LogP contribution in [0, 0.1) is 0 Å². The van der Waals surface area contributed by atoms with Crippen molar-refractivity contribution < 1.29 is 11.3 Å². The summed E-state index contributed by atoms with van der Waals surface area (Å²) < 4.78 is 0. The summed E-state index contributed by atoms with van der Waals surface area (Å²) in [6, 6.07) is 28.4. The maximum atomic E-state index is 12.0. The average molecular weight is 565 g/mol. The van der Waals surface area contributed by atoms with Crippen molar-refractivity contribution in [3.63, 3.8) is 0 Å². The molecule has 41 heavy (non-hydrogen) atoms. The van der Waals surface area contributed by atoms with Gasteiger partial charge in [-0.1, -0.05) is 83.4 Å². The number of carbonyl (C=O) groups is 1. The second kappa shape index (κ2) is 11.6. The topological polar surface area (TPSA) is 135 Å². The summed E-state index contributed by atoms with van der Waals surface area (Å²) in [6.07, 6.45) is 0.369. The number of fused-ring (bicyclic) bond motifs is 1. The predicted octanol–water partition coefficient (Wildman–Crippen LogP) is 5.24. The summed E-state index contributed by atoms with van der Waals surface area (Å²) >= 11 is 0. The lowest BCUT2D eigenvalue weighted by Gasteiger charge is -2.15. The van der Waals surface area contributed by atoms with Gasteiger partial charge in [-0.25, -0.2) is 4.79 Å². The van der Waals surface area contributed by atoms with Crippen molar-refractivity contribution in [2.24, 2.45) is 0 Å². The molecule has 0 aliphatic heterocycles. The van der Waals surface area contributed by atoms with Gasteiger partial charge >= 0.3 is 5.97 Å². The Morgan fingerprint density at radius 2 is 1.63 bits per heavy atom. The number of aromatic carboxylic acids is 1. The molecule has 4 aromatic carbocycles. The van der Waals surface area contributed by atoms with Crippen LogP contribution in [0.2, 0.25) is 0 Å². The van der Waals surface area contributed by atoms with E-state index in [-0.39, 0.29) is 11.9 Å². The number of nitrogens with one attached hydrogen (secondary N) is 1. The number of hydrogen-bond donors (Lipinski definition) is 2. The molecule has 6 rings (SSSR count). The highest BCUT2D eigenvalue weighted by Gasteiger charge is 2.14. The fourth-order valence-electron chi connectivity index (χ4n) is 4.74. The first-order valence-corrected chi connectivity index (χ1v) is 14.4. The first-order chi connectivity index (χ1) is 20.1. The second-order valence-electron chi connectivity index (χ2n) is 9.41. The lowest BCUT2D eigenvalue weighted by molar-refractivity contribution is 0.0699. The lowest BCUT2D eigenvalue weighted by Crippen LogP contribution is -2.04. The molecular formula is C30H28N8O2S. The van der Waals surface area contributed by atoms with Gasteiger partial charge in [-0.05, 0) is 51.9 Å². The number of carboxylic acid groups (broad SMARTS) is 1. The molecule has 0 aliphatic carbocycles. The largest absolute Gasteiger partial charge is 0.478 e. The van der Waals surface area contributed by atoms with Crippen LogP contribution < -0.4 is 0 Å². The Morgan fingerprint density at radius 3 is 2.29 bits per heavy atom. The molecule has 0 amide bonds. The van der Waals surface area contributed by atoms with Crippen molar-refractivity contribution in [3.05, 3.63) is 113 Å². The quantitative estimate of drug-likeness (QED) is 0.228. The van der Waals surface area contributed by atoms with Gasteiger partial charge in [-0.3, -0.25) is 0 Å². The van der Waals surface area contributed by atoms with Gasteiger partial charge in [0.1, 0.15) is 0 Å². The van der Waals surface area contributed by atoms with Crippen LogP contribution in [0.5, 0.6) is 0 Å². The van der Waals surface area contributed by atoms with Crippen LogP contribution in [0.4, 0.5) is 0 Å². The van der Waals surface area contributed by atoms with Crippen LogP contribution in [-0.2, 0) is 18.7 Å². The zero-order valence-electron chi connectivity index (χ0n) is 22.2. The third-order valence-corrected chi connectivity index (χ3v) is 8.87. The minimum atomic E-state index is -0.902. The molecule has 0 radical (unpaired) electrons. The molecule has 0 saturated heterocycles. The van der Waals surface area contributed by atoms with Crippen LogP contribution in [-0.4, -0.2) is 57.3 Å². The summed E-state index contributed by atoms with van der Waals surface area (Å²) in [7, 11) is -0.248. The fraction of sp³-hybridized carbons (Fsp3) is 0.133. The number of tetrazole rings is 2. The van der Waals surface area contributed by atoms with Crippen LogP contribution >= 0.6 is 10.5 Å². The Kier molecular flexibility index (Phi) is 7.42. The number of carboxylic acids is 1. The molecule has 6 aromatic rings. The van der Waals surface area contributed by atoms with E-state index in [2.05, 4.69) is 96.0 Å². The van der Waals surface area contributed by atoms with E-state index in [4.69, 9.17) is 0 Å². The minimum Gasteiger partial charge on any atom is -0.478 e. The molecule has 0 fully saturated rings. The zero-order chi connectivity index (χ0) is 28.2. The maximum absolute atomic E-state index is 12.0. The highest BCUT2D eigenvalue weighted by atomic mass is 32.2. The number of nitrogens with zero attached hydrogens (tertiary/aromatic N) is 7. The molecular weight excluding hydrogens is 536 g/mol. The van der Waals surface area contributed by atoms with Crippen molar-refractivity contribution in [1.29, 1.82) is 0 Å². The molecule has 10 nitrogen and oxygen atoms in total. The van der Waals surface area contributed by atoms with Gasteiger partial charge < -0.3 is 5.11 Å². The van der Waals surface area contributed by atoms with Crippen LogP contribution in [0.15, 0.2) is 89.8 Å². The number of aromatic nitrogens is 8. The summed E-state index contributed by atoms with van der Waals surface area (Å²) in [5.74, 6) is 0.961. The van der Waals surface area contributed by atoms with Gasteiger partial charge in [0.2, 0.25) is 0 Å². The number of benzene rings is 4. The Labute approximate surface area is 239 Å². The van der Waals surface area contributed by atoms with E-state index in [0.717, 1.165) is 38.1 Å². The molecule has 0 saturated carbocycles. The van der Waals surface area contributed by atoms with E-state index in [1.165, 1.54) is 5.56 Å². The zero-order valence-corrected chi connectivity index (χ0v) is 23.0. The van der Waals surface area contributed by atoms with E-state index >= 15 is 0 Å². The van der Waals surface area contributed by atoms with E-state index in [0.29, 0.717) is 30.2 Å². The van der Waals surface area contributed by atoms with E-state index < -0.39 is 5.97 Å². The number of aromatic amines is 1. The van der Waals surface area contributed by atoms with Crippen molar-refractivity contribution in [2.45, 2.75) is 30.5 Å². The highest BCUT2D eigenvalue weighted by molar-refractivity contribution is 8.14. The van der Waals surface area contributed by atoms with Gasteiger partial charge in [0.15, 0.2) is 11.6 Å². The van der Waals surface area contributed by atoms with Gasteiger partial charge in [0, 0.05) is 17.5 Å². The molecule has 0 aliphatic rings. The molecule has 206 valence electrons. The van der Waals surface area contributed by atoms with Crippen LogP contribution in [0.3, 0.4) is 0 Å². The fourth-order valence-corrected chi connectivity index (χ4v) is 6.61. The van der Waals surface area contributed by atoms with Crippen molar-refractivity contribution >= 4 is 32.6 Å². The average Bonchev–Trinajstić information content (AvgIpc) is 3.68. The molecule has 0 spiro atoms. The smallest absolute Gasteiger partial charge is 0.336 e. The maximum Gasteiger partial charge on any atom is 0.336 e. The van der Waals surface area contributed by atoms with E-state index in [1.807, 2.05) is 25.1 Å². The third kappa shape index (κ3) is 5.80.